The highest BCUT2D eigenvalue weighted by Gasteiger charge is 2.29. The van der Waals surface area contributed by atoms with Gasteiger partial charge in [-0.25, -0.2) is 4.79 Å². The predicted molar refractivity (Wildman–Crippen MR) is 148 cm³/mol. The van der Waals surface area contributed by atoms with Crippen LogP contribution in [0, 0.1) is 0 Å². The fraction of sp³-hybridized carbons (Fsp3) is 0.185. The number of carboxylic acids is 1. The second kappa shape index (κ2) is 12.3. The largest absolute Gasteiger partial charge is 0.507 e. The van der Waals surface area contributed by atoms with Crippen molar-refractivity contribution < 1.29 is 29.4 Å². The van der Waals surface area contributed by atoms with Crippen molar-refractivity contribution in [3.8, 4) is 5.75 Å². The van der Waals surface area contributed by atoms with E-state index < -0.39 is 23.8 Å². The first-order valence-electron chi connectivity index (χ1n) is 11.8. The third kappa shape index (κ3) is 6.59. The Morgan fingerprint density at radius 2 is 1.87 bits per heavy atom. The topological polar surface area (TPSA) is 136 Å². The lowest BCUT2D eigenvalue weighted by molar-refractivity contribution is -0.139. The van der Waals surface area contributed by atoms with E-state index in [4.69, 9.17) is 23.2 Å². The van der Waals surface area contributed by atoms with E-state index in [9.17, 15) is 29.4 Å². The van der Waals surface area contributed by atoms with Gasteiger partial charge in [0.15, 0.2) is 0 Å². The molecular weight excluding hydrogens is 565 g/mol. The summed E-state index contributed by atoms with van der Waals surface area (Å²) in [6.45, 7) is 0.183. The first kappa shape index (κ1) is 28.2. The number of aromatic hydroxyl groups is 1. The summed E-state index contributed by atoms with van der Waals surface area (Å²) < 4.78 is 0. The van der Waals surface area contributed by atoms with Gasteiger partial charge in [-0.05, 0) is 47.2 Å². The molecule has 39 heavy (non-hydrogen) atoms. The van der Waals surface area contributed by atoms with Crippen molar-refractivity contribution in [2.45, 2.75) is 19.0 Å². The molecule has 4 rings (SSSR count). The number of fused-ring (bicyclic) bond motifs is 1. The van der Waals surface area contributed by atoms with Gasteiger partial charge in [0.2, 0.25) is 5.91 Å². The molecule has 1 atom stereocenters. The molecule has 3 amide bonds. The Morgan fingerprint density at radius 3 is 2.56 bits per heavy atom. The lowest BCUT2D eigenvalue weighted by Gasteiger charge is -2.29. The number of carbonyl (C=O) groups excluding carboxylic acids is 3. The van der Waals surface area contributed by atoms with E-state index in [0.29, 0.717) is 34.5 Å². The molecule has 12 heteroatoms. The summed E-state index contributed by atoms with van der Waals surface area (Å²) in [5.41, 5.74) is 1.73. The molecule has 3 aromatic rings. The van der Waals surface area contributed by atoms with Gasteiger partial charge in [0, 0.05) is 31.3 Å². The van der Waals surface area contributed by atoms with Crippen molar-refractivity contribution in [2.75, 3.05) is 13.1 Å². The smallest absolute Gasteiger partial charge is 0.328 e. The van der Waals surface area contributed by atoms with Crippen molar-refractivity contribution in [1.82, 2.24) is 15.5 Å². The zero-order valence-electron chi connectivity index (χ0n) is 20.3. The zero-order valence-corrected chi connectivity index (χ0v) is 22.6. The molecular formula is C27H23Cl2N3O6S. The Labute approximate surface area is 237 Å². The maximum Gasteiger partial charge on any atom is 0.328 e. The molecule has 0 saturated carbocycles. The number of thiophene rings is 1. The van der Waals surface area contributed by atoms with Crippen molar-refractivity contribution in [3.63, 3.8) is 0 Å². The van der Waals surface area contributed by atoms with Gasteiger partial charge in [0.1, 0.15) is 11.8 Å². The molecule has 202 valence electrons. The molecule has 9 nitrogen and oxygen atoms in total. The normalized spacial score (nSPS) is 13.5. The minimum atomic E-state index is -1.42. The van der Waals surface area contributed by atoms with E-state index in [0.717, 1.165) is 0 Å². The fourth-order valence-electron chi connectivity index (χ4n) is 4.06. The number of phenols is 1. The van der Waals surface area contributed by atoms with Crippen molar-refractivity contribution in [1.29, 1.82) is 0 Å². The summed E-state index contributed by atoms with van der Waals surface area (Å²) in [6, 6.07) is 10.1. The number of rotatable bonds is 8. The Morgan fingerprint density at radius 1 is 1.10 bits per heavy atom. The molecule has 0 aliphatic carbocycles. The van der Waals surface area contributed by atoms with E-state index in [1.54, 1.807) is 40.6 Å². The second-order valence-electron chi connectivity index (χ2n) is 8.64. The molecule has 0 unspecified atom stereocenters. The van der Waals surface area contributed by atoms with Gasteiger partial charge in [-0.15, -0.1) is 11.3 Å². The number of hydrogen-bond acceptors (Lipinski definition) is 6. The number of hydrogen-bond donors (Lipinski definition) is 4. The summed E-state index contributed by atoms with van der Waals surface area (Å²) >= 11 is 14.2. The van der Waals surface area contributed by atoms with Gasteiger partial charge in [-0.3, -0.25) is 14.4 Å². The molecule has 2 heterocycles. The van der Waals surface area contributed by atoms with Gasteiger partial charge < -0.3 is 25.7 Å². The minimum absolute atomic E-state index is 0.00191. The molecule has 1 aliphatic rings. The predicted octanol–water partition coefficient (Wildman–Crippen LogP) is 3.97. The molecule has 1 aliphatic heterocycles. The molecule has 0 radical (unpaired) electrons. The molecule has 0 fully saturated rings. The average Bonchev–Trinajstić information content (AvgIpc) is 3.45. The number of halogens is 2. The van der Waals surface area contributed by atoms with E-state index in [1.807, 2.05) is 0 Å². The van der Waals surface area contributed by atoms with Gasteiger partial charge >= 0.3 is 5.97 Å². The third-order valence-corrected chi connectivity index (χ3v) is 7.68. The summed E-state index contributed by atoms with van der Waals surface area (Å²) in [5.74, 6) is -2.80. The molecule has 0 bridgehead atoms. The molecule has 2 aromatic carbocycles. The van der Waals surface area contributed by atoms with Gasteiger partial charge in [0.05, 0.1) is 20.5 Å². The van der Waals surface area contributed by atoms with Crippen LogP contribution in [0.1, 0.15) is 36.7 Å². The maximum atomic E-state index is 13.0. The van der Waals surface area contributed by atoms with Crippen LogP contribution in [0.2, 0.25) is 10.0 Å². The fourth-order valence-corrected chi connectivity index (χ4v) is 5.47. The summed E-state index contributed by atoms with van der Waals surface area (Å²) in [5, 5.41) is 26.1. The minimum Gasteiger partial charge on any atom is -0.507 e. The van der Waals surface area contributed by atoms with Crippen LogP contribution in [0.15, 0.2) is 53.9 Å². The number of nitrogens with one attached hydrogen (secondary N) is 2. The highest BCUT2D eigenvalue weighted by molar-refractivity contribution is 7.12. The second-order valence-corrected chi connectivity index (χ2v) is 10.4. The number of phenolic OH excluding ortho intramolecular Hbond substituents is 1. The van der Waals surface area contributed by atoms with Crippen LogP contribution >= 0.6 is 34.5 Å². The first-order chi connectivity index (χ1) is 18.7. The highest BCUT2D eigenvalue weighted by Crippen LogP contribution is 2.34. The molecule has 0 saturated heterocycles. The van der Waals surface area contributed by atoms with Crippen molar-refractivity contribution >= 4 is 64.3 Å². The number of para-hydroxylation sites is 1. The van der Waals surface area contributed by atoms with Gasteiger partial charge in [0.25, 0.3) is 11.8 Å². The number of aliphatic carboxylic acids is 1. The molecule has 1 aromatic heterocycles. The number of carboxylic acid groups (broad SMARTS) is 1. The number of amides is 3. The molecule has 4 N–H and O–H groups in total. The van der Waals surface area contributed by atoms with E-state index >= 15 is 0 Å². The molecule has 0 spiro atoms. The SMILES string of the molecule is O=C(NC[C@H](NC(=O)c1c(Cl)cc2c(c1Cl)CCN(C(=O)C=Cc1ccccc1O)C2)C(=O)O)c1cccs1. The van der Waals surface area contributed by atoms with Crippen LogP contribution in [0.3, 0.4) is 0 Å². The lowest BCUT2D eigenvalue weighted by Crippen LogP contribution is -2.48. The number of nitrogens with zero attached hydrogens (tertiary/aromatic N) is 1. The Kier molecular flexibility index (Phi) is 8.90. The monoisotopic (exact) mass is 587 g/mol. The van der Waals surface area contributed by atoms with E-state index in [2.05, 4.69) is 10.6 Å². The van der Waals surface area contributed by atoms with Crippen molar-refractivity contribution in [3.05, 3.63) is 91.1 Å². The summed E-state index contributed by atoms with van der Waals surface area (Å²) in [4.78, 5) is 51.7. The van der Waals surface area contributed by atoms with Gasteiger partial charge in [-0.2, -0.15) is 0 Å². The van der Waals surface area contributed by atoms with Crippen LogP contribution in [-0.4, -0.2) is 57.9 Å². The first-order valence-corrected chi connectivity index (χ1v) is 13.4. The Bertz CT molecular complexity index is 1460. The van der Waals surface area contributed by atoms with E-state index in [-0.39, 0.29) is 40.4 Å². The zero-order chi connectivity index (χ0) is 28.1. The average molecular weight is 588 g/mol. The van der Waals surface area contributed by atoms with Crippen LogP contribution < -0.4 is 10.6 Å². The van der Waals surface area contributed by atoms with Crippen LogP contribution in [-0.2, 0) is 22.6 Å². The van der Waals surface area contributed by atoms with Crippen LogP contribution in [0.25, 0.3) is 6.08 Å². The van der Waals surface area contributed by atoms with E-state index in [1.165, 1.54) is 35.6 Å². The van der Waals surface area contributed by atoms with Crippen LogP contribution in [0.4, 0.5) is 0 Å². The Hall–Kier alpha value is -3.86. The number of carbonyl (C=O) groups is 4. The van der Waals surface area contributed by atoms with Crippen LogP contribution in [0.5, 0.6) is 5.75 Å². The lowest BCUT2D eigenvalue weighted by atomic mass is 9.96. The summed E-state index contributed by atoms with van der Waals surface area (Å²) in [6.07, 6.45) is 3.25. The standard InChI is InChI=1S/C27H23Cl2N3O6S/c28-18-12-16-14-32(22(34)8-7-15-4-1-2-5-20(15)33)10-9-17(16)24(29)23(18)26(36)31-19(27(37)38)13-30-25(35)21-6-3-11-39-21/h1-8,11-12,19,33H,9-10,13-14H2,(H,30,35)(H,31,36)(H,37,38)/t19-/m0/s1. The summed E-state index contributed by atoms with van der Waals surface area (Å²) in [7, 11) is 0. The third-order valence-electron chi connectivity index (χ3n) is 6.10. The Balaban J connectivity index is 1.45. The highest BCUT2D eigenvalue weighted by atomic mass is 35.5. The van der Waals surface area contributed by atoms with Crippen molar-refractivity contribution in [2.24, 2.45) is 0 Å². The quantitative estimate of drug-likeness (QED) is 0.294. The van der Waals surface area contributed by atoms with Gasteiger partial charge in [-0.1, -0.05) is 47.5 Å². The number of benzene rings is 2. The maximum absolute atomic E-state index is 13.0.